The summed E-state index contributed by atoms with van der Waals surface area (Å²) in [5.74, 6) is 1.09. The number of benzene rings is 1. The van der Waals surface area contributed by atoms with Gasteiger partial charge in [-0.3, -0.25) is 4.79 Å². The Morgan fingerprint density at radius 2 is 1.71 bits per heavy atom. The van der Waals surface area contributed by atoms with Gasteiger partial charge in [0.1, 0.15) is 0 Å². The summed E-state index contributed by atoms with van der Waals surface area (Å²) in [6, 6.07) is 6.82. The Morgan fingerprint density at radius 3 is 2.36 bits per heavy atom. The minimum atomic E-state index is -3.58. The van der Waals surface area contributed by atoms with Crippen LogP contribution in [0.15, 0.2) is 29.2 Å². The Labute approximate surface area is 170 Å². The Hall–Kier alpha value is -1.40. The average Bonchev–Trinajstić information content (AvgIpc) is 2.66. The number of sulfonamides is 1. The lowest BCUT2D eigenvalue weighted by Crippen LogP contribution is -2.43. The van der Waals surface area contributed by atoms with Crippen LogP contribution < -0.4 is 0 Å². The van der Waals surface area contributed by atoms with E-state index in [9.17, 15) is 13.2 Å². The van der Waals surface area contributed by atoms with Crippen molar-refractivity contribution in [3.8, 4) is 0 Å². The minimum absolute atomic E-state index is 0.0869. The van der Waals surface area contributed by atoms with Crippen molar-refractivity contribution in [2.45, 2.75) is 63.8 Å². The van der Waals surface area contributed by atoms with Gasteiger partial charge in [-0.2, -0.15) is 4.31 Å². The van der Waals surface area contributed by atoms with E-state index in [-0.39, 0.29) is 16.8 Å². The number of carbonyl (C=O) groups excluding carboxylic acids is 1. The summed E-state index contributed by atoms with van der Waals surface area (Å²) in [6.45, 7) is 7.48. The monoisotopic (exact) mass is 406 g/mol. The normalized spacial score (nSPS) is 29.4. The molecule has 4 unspecified atom stereocenters. The van der Waals surface area contributed by atoms with Gasteiger partial charge in [0.25, 0.3) is 5.91 Å². The average molecular weight is 407 g/mol. The third-order valence-electron chi connectivity index (χ3n) is 6.44. The molecule has 0 aromatic heterocycles. The van der Waals surface area contributed by atoms with Crippen LogP contribution in [0.3, 0.4) is 0 Å². The molecule has 0 bridgehead atoms. The van der Waals surface area contributed by atoms with Crippen LogP contribution in [0.2, 0.25) is 0 Å². The molecule has 1 aromatic rings. The van der Waals surface area contributed by atoms with Gasteiger partial charge >= 0.3 is 0 Å². The first kappa shape index (κ1) is 21.3. The second kappa shape index (κ2) is 8.54. The van der Waals surface area contributed by atoms with E-state index in [2.05, 4.69) is 20.8 Å². The van der Waals surface area contributed by atoms with Gasteiger partial charge in [-0.25, -0.2) is 8.42 Å². The first-order valence-electron chi connectivity index (χ1n) is 10.6. The van der Waals surface area contributed by atoms with E-state index in [1.54, 1.807) is 28.6 Å². The molecule has 1 saturated carbocycles. The molecule has 1 aliphatic carbocycles. The van der Waals surface area contributed by atoms with Crippen molar-refractivity contribution in [3.05, 3.63) is 29.8 Å². The number of piperidine rings is 1. The first-order chi connectivity index (χ1) is 13.2. The van der Waals surface area contributed by atoms with Crippen molar-refractivity contribution in [1.82, 2.24) is 9.21 Å². The standard InChI is InChI=1S/C22H34N2O3S/c1-16-12-17(2)15-24(14-16)28(26,27)20-10-7-9-19(13-20)22(25)23(4)21-11-6-5-8-18(21)3/h7,9-10,13,16-18,21H,5-6,8,11-12,14-15H2,1-4H3. The van der Waals surface area contributed by atoms with Crippen LogP contribution in [0.1, 0.15) is 63.2 Å². The lowest BCUT2D eigenvalue weighted by atomic mass is 9.85. The largest absolute Gasteiger partial charge is 0.338 e. The summed E-state index contributed by atoms with van der Waals surface area (Å²) in [5, 5.41) is 0. The molecule has 6 heteroatoms. The second-order valence-corrected chi connectivity index (χ2v) is 11.0. The van der Waals surface area contributed by atoms with Crippen LogP contribution in [0.5, 0.6) is 0 Å². The maximum atomic E-state index is 13.2. The Morgan fingerprint density at radius 1 is 1.07 bits per heavy atom. The molecule has 1 heterocycles. The number of hydrogen-bond acceptors (Lipinski definition) is 3. The van der Waals surface area contributed by atoms with Gasteiger partial charge < -0.3 is 4.90 Å². The van der Waals surface area contributed by atoms with Gasteiger partial charge in [-0.15, -0.1) is 0 Å². The molecule has 1 saturated heterocycles. The van der Waals surface area contributed by atoms with Gasteiger partial charge in [0.2, 0.25) is 10.0 Å². The molecule has 1 aromatic carbocycles. The lowest BCUT2D eigenvalue weighted by Gasteiger charge is -2.36. The van der Waals surface area contributed by atoms with E-state index in [4.69, 9.17) is 0 Å². The molecule has 0 N–H and O–H groups in total. The van der Waals surface area contributed by atoms with Gasteiger partial charge in [-0.05, 0) is 55.2 Å². The summed E-state index contributed by atoms with van der Waals surface area (Å²) in [7, 11) is -1.73. The maximum absolute atomic E-state index is 13.2. The molecule has 1 amide bonds. The van der Waals surface area contributed by atoms with E-state index in [1.165, 1.54) is 6.42 Å². The van der Waals surface area contributed by atoms with Crippen LogP contribution in [0.4, 0.5) is 0 Å². The Kier molecular flexibility index (Phi) is 6.50. The summed E-state index contributed by atoms with van der Waals surface area (Å²) in [5.41, 5.74) is 0.458. The van der Waals surface area contributed by atoms with Crippen molar-refractivity contribution in [1.29, 1.82) is 0 Å². The quantitative estimate of drug-likeness (QED) is 0.759. The highest BCUT2D eigenvalue weighted by molar-refractivity contribution is 7.89. The molecule has 1 aliphatic heterocycles. The number of amides is 1. The van der Waals surface area contributed by atoms with E-state index < -0.39 is 10.0 Å². The highest BCUT2D eigenvalue weighted by atomic mass is 32.2. The molecule has 156 valence electrons. The molecule has 5 nitrogen and oxygen atoms in total. The number of hydrogen-bond donors (Lipinski definition) is 0. The summed E-state index contributed by atoms with van der Waals surface area (Å²) in [4.78, 5) is 15.1. The second-order valence-electron chi connectivity index (χ2n) is 9.04. The van der Waals surface area contributed by atoms with Crippen molar-refractivity contribution in [2.75, 3.05) is 20.1 Å². The number of rotatable bonds is 4. The van der Waals surface area contributed by atoms with Gasteiger partial charge in [0.05, 0.1) is 4.90 Å². The van der Waals surface area contributed by atoms with Gasteiger partial charge in [0, 0.05) is 31.7 Å². The SMILES string of the molecule is CC1CC(C)CN(S(=O)(=O)c2cccc(C(=O)N(C)C3CCCCC3C)c2)C1. The lowest BCUT2D eigenvalue weighted by molar-refractivity contribution is 0.0628. The number of nitrogens with zero attached hydrogens (tertiary/aromatic N) is 2. The third-order valence-corrected chi connectivity index (χ3v) is 8.27. The van der Waals surface area contributed by atoms with Gasteiger partial charge in [-0.1, -0.05) is 39.7 Å². The van der Waals surface area contributed by atoms with Crippen LogP contribution in [0.25, 0.3) is 0 Å². The van der Waals surface area contributed by atoms with Crippen molar-refractivity contribution >= 4 is 15.9 Å². The van der Waals surface area contributed by atoms with Crippen molar-refractivity contribution in [2.24, 2.45) is 17.8 Å². The van der Waals surface area contributed by atoms with Crippen molar-refractivity contribution < 1.29 is 13.2 Å². The van der Waals surface area contributed by atoms with Crippen molar-refractivity contribution in [3.63, 3.8) is 0 Å². The Bertz CT molecular complexity index is 798. The highest BCUT2D eigenvalue weighted by Crippen LogP contribution is 2.30. The maximum Gasteiger partial charge on any atom is 0.253 e. The minimum Gasteiger partial charge on any atom is -0.338 e. The molecule has 0 radical (unpaired) electrons. The van der Waals surface area contributed by atoms with E-state index in [0.717, 1.165) is 25.7 Å². The topological polar surface area (TPSA) is 57.7 Å². The van der Waals surface area contributed by atoms with Crippen LogP contribution in [-0.2, 0) is 10.0 Å². The smallest absolute Gasteiger partial charge is 0.253 e. The van der Waals surface area contributed by atoms with E-state index in [0.29, 0.717) is 36.4 Å². The summed E-state index contributed by atoms with van der Waals surface area (Å²) < 4.78 is 27.9. The zero-order chi connectivity index (χ0) is 20.5. The third kappa shape index (κ3) is 4.43. The van der Waals surface area contributed by atoms with Crippen LogP contribution in [-0.4, -0.2) is 49.7 Å². The zero-order valence-electron chi connectivity index (χ0n) is 17.6. The fraction of sp³-hybridized carbons (Fsp3) is 0.682. The highest BCUT2D eigenvalue weighted by Gasteiger charge is 2.33. The molecule has 2 aliphatic rings. The van der Waals surface area contributed by atoms with E-state index in [1.807, 2.05) is 11.9 Å². The molecule has 28 heavy (non-hydrogen) atoms. The molecular weight excluding hydrogens is 372 g/mol. The molecule has 3 rings (SSSR count). The molecular formula is C22H34N2O3S. The number of carbonyl (C=O) groups is 1. The summed E-state index contributed by atoms with van der Waals surface area (Å²) >= 11 is 0. The zero-order valence-corrected chi connectivity index (χ0v) is 18.4. The molecule has 2 fully saturated rings. The van der Waals surface area contributed by atoms with Gasteiger partial charge in [0.15, 0.2) is 0 Å². The fourth-order valence-corrected chi connectivity index (χ4v) is 6.69. The van der Waals surface area contributed by atoms with E-state index >= 15 is 0 Å². The predicted molar refractivity (Wildman–Crippen MR) is 112 cm³/mol. The van der Waals surface area contributed by atoms with Crippen LogP contribution in [0, 0.1) is 17.8 Å². The predicted octanol–water partition coefficient (Wildman–Crippen LogP) is 4.00. The fourth-order valence-electron chi connectivity index (χ4n) is 4.97. The Balaban J connectivity index is 1.82. The molecule has 0 spiro atoms. The summed E-state index contributed by atoms with van der Waals surface area (Å²) in [6.07, 6.45) is 5.58. The molecule has 4 atom stereocenters. The first-order valence-corrected chi connectivity index (χ1v) is 12.0. The van der Waals surface area contributed by atoms with Crippen LogP contribution >= 0.6 is 0 Å².